The largest absolute Gasteiger partial charge is 0.493 e. The molecule has 0 aliphatic rings. The van der Waals surface area contributed by atoms with E-state index in [1.807, 2.05) is 38.2 Å². The zero-order valence-electron chi connectivity index (χ0n) is 11.5. The zero-order chi connectivity index (χ0) is 13.8. The van der Waals surface area contributed by atoms with Crippen LogP contribution in [0.5, 0.6) is 11.5 Å². The highest BCUT2D eigenvalue weighted by molar-refractivity contribution is 5.65. The standard InChI is InChI=1S/C14H17N3O2/c1-9-7-11(16-17-14(9)15-2)10-5-6-12(18-3)13(8-10)19-4/h5-8H,1-4H3,(H,15,17). The first-order valence-electron chi connectivity index (χ1n) is 5.94. The van der Waals surface area contributed by atoms with Gasteiger partial charge in [-0.05, 0) is 36.8 Å². The number of ether oxygens (including phenoxy) is 2. The number of hydrogen-bond donors (Lipinski definition) is 1. The Kier molecular flexibility index (Phi) is 3.85. The molecule has 0 unspecified atom stereocenters. The smallest absolute Gasteiger partial charge is 0.161 e. The highest BCUT2D eigenvalue weighted by Crippen LogP contribution is 2.31. The van der Waals surface area contributed by atoms with Crippen molar-refractivity contribution in [3.8, 4) is 22.8 Å². The van der Waals surface area contributed by atoms with E-state index in [9.17, 15) is 0 Å². The lowest BCUT2D eigenvalue weighted by molar-refractivity contribution is 0.355. The summed E-state index contributed by atoms with van der Waals surface area (Å²) in [7, 11) is 5.05. The second kappa shape index (κ2) is 5.56. The molecule has 0 spiro atoms. The minimum atomic E-state index is 0.678. The second-order valence-electron chi connectivity index (χ2n) is 4.08. The molecule has 1 N–H and O–H groups in total. The predicted octanol–water partition coefficient (Wildman–Crippen LogP) is 2.51. The van der Waals surface area contributed by atoms with Crippen molar-refractivity contribution in [3.05, 3.63) is 29.8 Å². The van der Waals surface area contributed by atoms with E-state index in [-0.39, 0.29) is 0 Å². The van der Waals surface area contributed by atoms with Gasteiger partial charge in [0.25, 0.3) is 0 Å². The molecular weight excluding hydrogens is 242 g/mol. The van der Waals surface area contributed by atoms with Crippen LogP contribution in [0.25, 0.3) is 11.3 Å². The van der Waals surface area contributed by atoms with Gasteiger partial charge in [-0.15, -0.1) is 10.2 Å². The molecule has 100 valence electrons. The topological polar surface area (TPSA) is 56.3 Å². The molecule has 0 radical (unpaired) electrons. The lowest BCUT2D eigenvalue weighted by Gasteiger charge is -2.10. The first kappa shape index (κ1) is 13.1. The molecule has 0 amide bonds. The van der Waals surface area contributed by atoms with E-state index in [4.69, 9.17) is 9.47 Å². The minimum Gasteiger partial charge on any atom is -0.493 e. The van der Waals surface area contributed by atoms with Gasteiger partial charge in [0.05, 0.1) is 19.9 Å². The van der Waals surface area contributed by atoms with Crippen LogP contribution in [0.15, 0.2) is 24.3 Å². The van der Waals surface area contributed by atoms with Gasteiger partial charge in [0.15, 0.2) is 17.3 Å². The van der Waals surface area contributed by atoms with Gasteiger partial charge in [0.1, 0.15) is 0 Å². The average Bonchev–Trinajstić information content (AvgIpc) is 2.46. The molecule has 1 heterocycles. The Labute approximate surface area is 112 Å². The van der Waals surface area contributed by atoms with Gasteiger partial charge in [0, 0.05) is 12.6 Å². The van der Waals surface area contributed by atoms with Crippen LogP contribution >= 0.6 is 0 Å². The first-order valence-corrected chi connectivity index (χ1v) is 5.94. The summed E-state index contributed by atoms with van der Waals surface area (Å²) < 4.78 is 10.5. The normalized spacial score (nSPS) is 10.1. The summed E-state index contributed by atoms with van der Waals surface area (Å²) in [5.74, 6) is 2.16. The number of nitrogens with one attached hydrogen (secondary N) is 1. The summed E-state index contributed by atoms with van der Waals surface area (Å²) in [5, 5.41) is 11.3. The van der Waals surface area contributed by atoms with Crippen LogP contribution in [-0.2, 0) is 0 Å². The van der Waals surface area contributed by atoms with Crippen molar-refractivity contribution in [1.29, 1.82) is 0 Å². The fourth-order valence-corrected chi connectivity index (χ4v) is 1.87. The number of aromatic nitrogens is 2. The number of aryl methyl sites for hydroxylation is 1. The van der Waals surface area contributed by atoms with Crippen LogP contribution in [0.1, 0.15) is 5.56 Å². The minimum absolute atomic E-state index is 0.678. The first-order chi connectivity index (χ1) is 9.19. The molecule has 2 rings (SSSR count). The van der Waals surface area contributed by atoms with Gasteiger partial charge in [-0.25, -0.2) is 0 Å². The molecule has 1 aromatic heterocycles. The molecule has 2 aromatic rings. The Balaban J connectivity index is 2.44. The maximum atomic E-state index is 5.29. The third kappa shape index (κ3) is 2.59. The van der Waals surface area contributed by atoms with Gasteiger partial charge in [-0.3, -0.25) is 0 Å². The van der Waals surface area contributed by atoms with Crippen molar-refractivity contribution in [1.82, 2.24) is 10.2 Å². The van der Waals surface area contributed by atoms with Gasteiger partial charge in [-0.2, -0.15) is 0 Å². The van der Waals surface area contributed by atoms with Gasteiger partial charge >= 0.3 is 0 Å². The Morgan fingerprint density at radius 3 is 2.32 bits per heavy atom. The third-order valence-corrected chi connectivity index (χ3v) is 2.90. The number of benzene rings is 1. The lowest BCUT2D eigenvalue weighted by Crippen LogP contribution is -1.99. The van der Waals surface area contributed by atoms with Crippen LogP contribution in [0.2, 0.25) is 0 Å². The Morgan fingerprint density at radius 1 is 1.00 bits per heavy atom. The summed E-state index contributed by atoms with van der Waals surface area (Å²) >= 11 is 0. The molecule has 0 aliphatic carbocycles. The zero-order valence-corrected chi connectivity index (χ0v) is 11.5. The van der Waals surface area contributed by atoms with E-state index in [0.717, 1.165) is 22.6 Å². The molecule has 5 heteroatoms. The lowest BCUT2D eigenvalue weighted by atomic mass is 10.1. The van der Waals surface area contributed by atoms with Gasteiger partial charge < -0.3 is 14.8 Å². The molecule has 0 saturated heterocycles. The maximum Gasteiger partial charge on any atom is 0.161 e. The molecule has 0 atom stereocenters. The molecule has 5 nitrogen and oxygen atoms in total. The van der Waals surface area contributed by atoms with Crippen molar-refractivity contribution < 1.29 is 9.47 Å². The van der Waals surface area contributed by atoms with Crippen molar-refractivity contribution >= 4 is 5.82 Å². The molecule has 1 aromatic carbocycles. The summed E-state index contributed by atoms with van der Waals surface area (Å²) in [6.45, 7) is 1.99. The third-order valence-electron chi connectivity index (χ3n) is 2.90. The number of rotatable bonds is 4. The summed E-state index contributed by atoms with van der Waals surface area (Å²) in [5.41, 5.74) is 2.79. The Morgan fingerprint density at radius 2 is 1.74 bits per heavy atom. The number of nitrogens with zero attached hydrogens (tertiary/aromatic N) is 2. The van der Waals surface area contributed by atoms with Crippen molar-refractivity contribution in [2.45, 2.75) is 6.92 Å². The van der Waals surface area contributed by atoms with Crippen LogP contribution in [0, 0.1) is 6.92 Å². The Bertz CT molecular complexity index is 585. The number of anilines is 1. The molecular formula is C14H17N3O2. The van der Waals surface area contributed by atoms with Crippen LogP contribution in [0.3, 0.4) is 0 Å². The van der Waals surface area contributed by atoms with E-state index in [0.29, 0.717) is 11.5 Å². The fourth-order valence-electron chi connectivity index (χ4n) is 1.87. The van der Waals surface area contributed by atoms with Gasteiger partial charge in [-0.1, -0.05) is 0 Å². The summed E-state index contributed by atoms with van der Waals surface area (Å²) in [4.78, 5) is 0. The SMILES string of the molecule is CNc1nnc(-c2ccc(OC)c(OC)c2)cc1C. The molecule has 0 bridgehead atoms. The van der Waals surface area contributed by atoms with Crippen molar-refractivity contribution in [2.75, 3.05) is 26.6 Å². The summed E-state index contributed by atoms with van der Waals surface area (Å²) in [6.07, 6.45) is 0. The van der Waals surface area contributed by atoms with Crippen molar-refractivity contribution in [2.24, 2.45) is 0 Å². The fraction of sp³-hybridized carbons (Fsp3) is 0.286. The predicted molar refractivity (Wildman–Crippen MR) is 74.9 cm³/mol. The number of methoxy groups -OCH3 is 2. The molecule has 19 heavy (non-hydrogen) atoms. The average molecular weight is 259 g/mol. The van der Waals surface area contributed by atoms with Crippen LogP contribution in [0.4, 0.5) is 5.82 Å². The van der Waals surface area contributed by atoms with E-state index < -0.39 is 0 Å². The van der Waals surface area contributed by atoms with E-state index >= 15 is 0 Å². The second-order valence-corrected chi connectivity index (χ2v) is 4.08. The van der Waals surface area contributed by atoms with Crippen LogP contribution < -0.4 is 14.8 Å². The van der Waals surface area contributed by atoms with Crippen LogP contribution in [-0.4, -0.2) is 31.5 Å². The Hall–Kier alpha value is -2.30. The highest BCUT2D eigenvalue weighted by Gasteiger charge is 2.09. The quantitative estimate of drug-likeness (QED) is 0.914. The van der Waals surface area contributed by atoms with Crippen molar-refractivity contribution in [3.63, 3.8) is 0 Å². The van der Waals surface area contributed by atoms with E-state index in [2.05, 4.69) is 15.5 Å². The van der Waals surface area contributed by atoms with Gasteiger partial charge in [0.2, 0.25) is 0 Å². The number of hydrogen-bond acceptors (Lipinski definition) is 5. The maximum absolute atomic E-state index is 5.29. The molecule has 0 fully saturated rings. The molecule has 0 aliphatic heterocycles. The molecule has 0 saturated carbocycles. The van der Waals surface area contributed by atoms with E-state index in [1.54, 1.807) is 14.2 Å². The monoisotopic (exact) mass is 259 g/mol. The van der Waals surface area contributed by atoms with E-state index in [1.165, 1.54) is 0 Å². The highest BCUT2D eigenvalue weighted by atomic mass is 16.5. The summed E-state index contributed by atoms with van der Waals surface area (Å²) in [6, 6.07) is 7.67.